The summed E-state index contributed by atoms with van der Waals surface area (Å²) in [5, 5.41) is 12.7. The molecule has 0 atom stereocenters. The van der Waals surface area contributed by atoms with Gasteiger partial charge >= 0.3 is 0 Å². The van der Waals surface area contributed by atoms with Gasteiger partial charge in [0.05, 0.1) is 24.9 Å². The van der Waals surface area contributed by atoms with Crippen LogP contribution in [0.3, 0.4) is 0 Å². The minimum atomic E-state index is -0.362. The fraction of sp³-hybridized carbons (Fsp3) is 0.250. The van der Waals surface area contributed by atoms with E-state index in [0.717, 1.165) is 17.7 Å². The van der Waals surface area contributed by atoms with Crippen molar-refractivity contribution in [2.75, 3.05) is 7.11 Å². The number of nitrogens with one attached hydrogen (secondary N) is 1. The third-order valence-corrected chi connectivity index (χ3v) is 3.25. The predicted molar refractivity (Wildman–Crippen MR) is 79.4 cm³/mol. The lowest BCUT2D eigenvalue weighted by Gasteiger charge is -2.10. The second-order valence-corrected chi connectivity index (χ2v) is 4.50. The number of hydrogen-bond donors (Lipinski definition) is 2. The van der Waals surface area contributed by atoms with Crippen LogP contribution < -0.4 is 10.1 Å². The Bertz CT molecular complexity index is 641. The Morgan fingerprint density at radius 2 is 2.14 bits per heavy atom. The molecule has 21 heavy (non-hydrogen) atoms. The molecule has 0 fully saturated rings. The summed E-state index contributed by atoms with van der Waals surface area (Å²) in [5.41, 5.74) is 2.10. The highest BCUT2D eigenvalue weighted by molar-refractivity contribution is 5.97. The Kier molecular flexibility index (Phi) is 4.77. The number of methoxy groups -OCH3 is 1. The van der Waals surface area contributed by atoms with E-state index in [-0.39, 0.29) is 23.0 Å². The summed E-state index contributed by atoms with van der Waals surface area (Å²) in [4.78, 5) is 16.4. The molecule has 5 heteroatoms. The molecule has 1 aromatic carbocycles. The predicted octanol–water partition coefficient (Wildman–Crippen LogP) is 2.29. The minimum absolute atomic E-state index is 0.158. The van der Waals surface area contributed by atoms with Crippen molar-refractivity contribution in [1.29, 1.82) is 0 Å². The molecule has 2 rings (SSSR count). The molecule has 2 aromatic rings. The van der Waals surface area contributed by atoms with E-state index in [1.165, 1.54) is 7.11 Å². The van der Waals surface area contributed by atoms with E-state index in [1.54, 1.807) is 24.4 Å². The maximum absolute atomic E-state index is 12.2. The molecule has 0 unspecified atom stereocenters. The first-order valence-corrected chi connectivity index (χ1v) is 6.74. The lowest BCUT2D eigenvalue weighted by molar-refractivity contribution is 0.0947. The average Bonchev–Trinajstić information content (AvgIpc) is 2.53. The van der Waals surface area contributed by atoms with Gasteiger partial charge in [0.15, 0.2) is 11.5 Å². The normalized spacial score (nSPS) is 10.2. The molecule has 5 nitrogen and oxygen atoms in total. The molecule has 1 heterocycles. The molecule has 0 aliphatic rings. The van der Waals surface area contributed by atoms with E-state index in [9.17, 15) is 9.90 Å². The van der Waals surface area contributed by atoms with Gasteiger partial charge in [-0.15, -0.1) is 0 Å². The Hall–Kier alpha value is -2.56. The van der Waals surface area contributed by atoms with Gasteiger partial charge in [0.25, 0.3) is 5.91 Å². The van der Waals surface area contributed by atoms with Crippen molar-refractivity contribution >= 4 is 5.91 Å². The number of amides is 1. The van der Waals surface area contributed by atoms with Gasteiger partial charge in [-0.25, -0.2) is 0 Å². The van der Waals surface area contributed by atoms with E-state index in [2.05, 4.69) is 10.3 Å². The van der Waals surface area contributed by atoms with Gasteiger partial charge in [-0.05, 0) is 30.2 Å². The zero-order valence-electron chi connectivity index (χ0n) is 12.1. The number of phenols is 1. The highest BCUT2D eigenvalue weighted by Gasteiger charge is 2.14. The van der Waals surface area contributed by atoms with Gasteiger partial charge in [0.1, 0.15) is 0 Å². The lowest BCUT2D eigenvalue weighted by atomic mass is 10.1. The highest BCUT2D eigenvalue weighted by Crippen LogP contribution is 2.29. The van der Waals surface area contributed by atoms with Gasteiger partial charge in [0, 0.05) is 6.20 Å². The Morgan fingerprint density at radius 3 is 2.86 bits per heavy atom. The third kappa shape index (κ3) is 3.31. The summed E-state index contributed by atoms with van der Waals surface area (Å²) >= 11 is 0. The van der Waals surface area contributed by atoms with Crippen LogP contribution in [0.2, 0.25) is 0 Å². The molecule has 0 radical (unpaired) electrons. The van der Waals surface area contributed by atoms with Gasteiger partial charge in [-0.1, -0.05) is 19.1 Å². The SMILES string of the molecule is CCc1cccnc1CNC(=O)c1cccc(OC)c1O. The molecule has 0 spiro atoms. The molecule has 0 saturated heterocycles. The van der Waals surface area contributed by atoms with E-state index in [0.29, 0.717) is 6.54 Å². The molecule has 1 amide bonds. The number of aromatic hydroxyl groups is 1. The fourth-order valence-electron chi connectivity index (χ4n) is 2.08. The molecule has 0 aliphatic carbocycles. The van der Waals surface area contributed by atoms with Gasteiger partial charge in [-0.2, -0.15) is 0 Å². The van der Waals surface area contributed by atoms with Crippen molar-refractivity contribution in [3.63, 3.8) is 0 Å². The Morgan fingerprint density at radius 1 is 1.33 bits per heavy atom. The minimum Gasteiger partial charge on any atom is -0.504 e. The zero-order chi connectivity index (χ0) is 15.2. The first-order valence-electron chi connectivity index (χ1n) is 6.74. The fourth-order valence-corrected chi connectivity index (χ4v) is 2.08. The van der Waals surface area contributed by atoms with Crippen molar-refractivity contribution < 1.29 is 14.6 Å². The number of ether oxygens (including phenoxy) is 1. The van der Waals surface area contributed by atoms with Crippen LogP contribution in [0.1, 0.15) is 28.5 Å². The number of aromatic nitrogens is 1. The summed E-state index contributed by atoms with van der Waals surface area (Å²) in [6, 6.07) is 8.66. The molecule has 1 aromatic heterocycles. The van der Waals surface area contributed by atoms with Crippen LogP contribution in [-0.2, 0) is 13.0 Å². The van der Waals surface area contributed by atoms with Crippen LogP contribution in [0, 0.1) is 0 Å². The first kappa shape index (κ1) is 14.8. The van der Waals surface area contributed by atoms with E-state index < -0.39 is 0 Å². The summed E-state index contributed by atoms with van der Waals surface area (Å²) in [7, 11) is 1.44. The summed E-state index contributed by atoms with van der Waals surface area (Å²) in [6.45, 7) is 2.36. The maximum Gasteiger partial charge on any atom is 0.255 e. The van der Waals surface area contributed by atoms with Crippen LogP contribution in [-0.4, -0.2) is 23.1 Å². The number of nitrogens with zero attached hydrogens (tertiary/aromatic N) is 1. The number of para-hydroxylation sites is 1. The average molecular weight is 286 g/mol. The lowest BCUT2D eigenvalue weighted by Crippen LogP contribution is -2.24. The van der Waals surface area contributed by atoms with Crippen molar-refractivity contribution in [1.82, 2.24) is 10.3 Å². The smallest absolute Gasteiger partial charge is 0.255 e. The molecule has 0 aliphatic heterocycles. The zero-order valence-corrected chi connectivity index (χ0v) is 12.1. The summed E-state index contributed by atoms with van der Waals surface area (Å²) in [6.07, 6.45) is 2.55. The number of benzene rings is 1. The van der Waals surface area contributed by atoms with Crippen LogP contribution >= 0.6 is 0 Å². The Labute approximate surface area is 123 Å². The molecule has 0 saturated carbocycles. The molecule has 0 bridgehead atoms. The van der Waals surface area contributed by atoms with Crippen LogP contribution in [0.25, 0.3) is 0 Å². The quantitative estimate of drug-likeness (QED) is 0.884. The second-order valence-electron chi connectivity index (χ2n) is 4.50. The largest absolute Gasteiger partial charge is 0.504 e. The third-order valence-electron chi connectivity index (χ3n) is 3.25. The number of phenolic OH excluding ortho intramolecular Hbond substituents is 1. The van der Waals surface area contributed by atoms with Crippen molar-refractivity contribution in [3.05, 3.63) is 53.3 Å². The molecule has 2 N–H and O–H groups in total. The highest BCUT2D eigenvalue weighted by atomic mass is 16.5. The standard InChI is InChI=1S/C16H18N2O3/c1-3-11-6-5-9-17-13(11)10-18-16(20)12-7-4-8-14(21-2)15(12)19/h4-9,19H,3,10H2,1-2H3,(H,18,20). The van der Waals surface area contributed by atoms with E-state index in [4.69, 9.17) is 4.74 Å². The van der Waals surface area contributed by atoms with Gasteiger partial charge in [0.2, 0.25) is 0 Å². The van der Waals surface area contributed by atoms with Crippen molar-refractivity contribution in [2.24, 2.45) is 0 Å². The van der Waals surface area contributed by atoms with E-state index in [1.807, 2.05) is 19.1 Å². The maximum atomic E-state index is 12.2. The number of rotatable bonds is 5. The summed E-state index contributed by atoms with van der Waals surface area (Å²) in [5.74, 6) is -0.247. The topological polar surface area (TPSA) is 71.5 Å². The number of carbonyl (C=O) groups excluding carboxylic acids is 1. The molecular formula is C16H18N2O3. The number of pyridine rings is 1. The molecular weight excluding hydrogens is 268 g/mol. The number of hydrogen-bond acceptors (Lipinski definition) is 4. The van der Waals surface area contributed by atoms with Crippen LogP contribution in [0.5, 0.6) is 11.5 Å². The number of carbonyl (C=O) groups is 1. The second kappa shape index (κ2) is 6.74. The van der Waals surface area contributed by atoms with Crippen molar-refractivity contribution in [2.45, 2.75) is 19.9 Å². The monoisotopic (exact) mass is 286 g/mol. The number of aryl methyl sites for hydroxylation is 1. The van der Waals surface area contributed by atoms with Crippen molar-refractivity contribution in [3.8, 4) is 11.5 Å². The Balaban J connectivity index is 2.12. The molecule has 110 valence electrons. The van der Waals surface area contributed by atoms with Gasteiger partial charge in [-0.3, -0.25) is 9.78 Å². The van der Waals surface area contributed by atoms with E-state index >= 15 is 0 Å². The van der Waals surface area contributed by atoms with Gasteiger partial charge < -0.3 is 15.2 Å². The van der Waals surface area contributed by atoms with Crippen LogP contribution in [0.15, 0.2) is 36.5 Å². The van der Waals surface area contributed by atoms with Crippen LogP contribution in [0.4, 0.5) is 0 Å². The first-order chi connectivity index (χ1) is 10.2. The summed E-state index contributed by atoms with van der Waals surface area (Å²) < 4.78 is 4.99.